The second-order valence-corrected chi connectivity index (χ2v) is 9.01. The summed E-state index contributed by atoms with van der Waals surface area (Å²) in [5, 5.41) is 6.53. The second kappa shape index (κ2) is 12.2. The molecule has 1 amide bonds. The van der Waals surface area contributed by atoms with Gasteiger partial charge in [-0.05, 0) is 99.0 Å². The van der Waals surface area contributed by atoms with Crippen molar-refractivity contribution in [3.05, 3.63) is 82.9 Å². The lowest BCUT2D eigenvalue weighted by Gasteiger charge is -2.20. The number of benzene rings is 3. The molecular weight excluding hydrogens is 452 g/mol. The van der Waals surface area contributed by atoms with E-state index in [1.54, 1.807) is 13.0 Å². The molecule has 0 bridgehead atoms. The average Bonchev–Trinajstić information content (AvgIpc) is 2.88. The highest BCUT2D eigenvalue weighted by Gasteiger charge is 2.15. The van der Waals surface area contributed by atoms with Gasteiger partial charge in [0.2, 0.25) is 0 Å². The molecule has 3 aromatic rings. The van der Waals surface area contributed by atoms with Crippen LogP contribution in [0.2, 0.25) is 0 Å². The normalized spacial score (nSPS) is 12.4. The van der Waals surface area contributed by atoms with Crippen molar-refractivity contribution in [3.63, 3.8) is 0 Å². The van der Waals surface area contributed by atoms with E-state index in [1.165, 1.54) is 24.0 Å². The monoisotopic (exact) mass is 486 g/mol. The van der Waals surface area contributed by atoms with Crippen LogP contribution in [0.4, 0.5) is 17.1 Å². The molecule has 0 heterocycles. The Balaban J connectivity index is 1.39. The van der Waals surface area contributed by atoms with E-state index in [0.717, 1.165) is 29.8 Å². The van der Waals surface area contributed by atoms with Crippen molar-refractivity contribution in [2.45, 2.75) is 52.4 Å². The van der Waals surface area contributed by atoms with Crippen LogP contribution in [0.3, 0.4) is 0 Å². The molecule has 0 aliphatic heterocycles. The zero-order valence-corrected chi connectivity index (χ0v) is 21.1. The fourth-order valence-electron chi connectivity index (χ4n) is 4.57. The number of nitrogens with one attached hydrogen (secondary N) is 2. The smallest absolute Gasteiger partial charge is 0.305 e. The van der Waals surface area contributed by atoms with E-state index in [1.807, 2.05) is 43.3 Å². The van der Waals surface area contributed by atoms with Crippen molar-refractivity contribution in [2.75, 3.05) is 23.8 Å². The van der Waals surface area contributed by atoms with Crippen LogP contribution in [-0.2, 0) is 22.4 Å². The molecule has 0 atom stereocenters. The average molecular weight is 487 g/mol. The number of ether oxygens (including phenoxy) is 2. The predicted molar refractivity (Wildman–Crippen MR) is 143 cm³/mol. The third-order valence-corrected chi connectivity index (χ3v) is 6.37. The maximum atomic E-state index is 13.1. The molecule has 3 aromatic carbocycles. The van der Waals surface area contributed by atoms with E-state index in [4.69, 9.17) is 9.47 Å². The summed E-state index contributed by atoms with van der Waals surface area (Å²) in [6.07, 6.45) is 5.55. The van der Waals surface area contributed by atoms with Crippen molar-refractivity contribution >= 4 is 28.9 Å². The van der Waals surface area contributed by atoms with E-state index in [9.17, 15) is 9.59 Å². The number of fused-ring (bicyclic) bond motifs is 1. The molecule has 36 heavy (non-hydrogen) atoms. The first kappa shape index (κ1) is 25.3. The summed E-state index contributed by atoms with van der Waals surface area (Å²) in [7, 11) is 0. The molecule has 0 aromatic heterocycles. The Kier molecular flexibility index (Phi) is 8.61. The molecule has 4 rings (SSSR count). The molecule has 1 aliphatic rings. The Morgan fingerprint density at radius 3 is 2.58 bits per heavy atom. The summed E-state index contributed by atoms with van der Waals surface area (Å²) < 4.78 is 10.8. The Labute approximate surface area is 213 Å². The lowest BCUT2D eigenvalue weighted by molar-refractivity contribution is -0.143. The molecule has 0 radical (unpaired) electrons. The lowest BCUT2D eigenvalue weighted by Crippen LogP contribution is -2.15. The highest BCUT2D eigenvalue weighted by Crippen LogP contribution is 2.31. The molecule has 1 aliphatic carbocycles. The number of carbonyl (C=O) groups is 2. The molecule has 6 nitrogen and oxygen atoms in total. The first-order valence-electron chi connectivity index (χ1n) is 12.7. The highest BCUT2D eigenvalue weighted by molar-refractivity contribution is 6.06. The van der Waals surface area contributed by atoms with Crippen molar-refractivity contribution in [1.82, 2.24) is 0 Å². The third-order valence-electron chi connectivity index (χ3n) is 6.37. The zero-order chi connectivity index (χ0) is 25.3. The van der Waals surface area contributed by atoms with Crippen LogP contribution >= 0.6 is 0 Å². The van der Waals surface area contributed by atoms with Crippen LogP contribution in [0.1, 0.15) is 59.7 Å². The van der Waals surface area contributed by atoms with Gasteiger partial charge in [-0.3, -0.25) is 9.59 Å². The summed E-state index contributed by atoms with van der Waals surface area (Å²) in [4.78, 5) is 24.6. The quantitative estimate of drug-likeness (QED) is 0.250. The second-order valence-electron chi connectivity index (χ2n) is 9.01. The van der Waals surface area contributed by atoms with Crippen molar-refractivity contribution in [1.29, 1.82) is 0 Å². The third kappa shape index (κ3) is 6.45. The van der Waals surface area contributed by atoms with Gasteiger partial charge in [0.15, 0.2) is 0 Å². The number of anilines is 3. The Morgan fingerprint density at radius 1 is 0.944 bits per heavy atom. The minimum atomic E-state index is -0.233. The molecule has 188 valence electrons. The Bertz CT molecular complexity index is 1220. The fraction of sp³-hybridized carbons (Fsp3) is 0.333. The van der Waals surface area contributed by atoms with Gasteiger partial charge in [0.1, 0.15) is 5.75 Å². The lowest BCUT2D eigenvalue weighted by atomic mass is 9.90. The maximum Gasteiger partial charge on any atom is 0.305 e. The largest absolute Gasteiger partial charge is 0.491 e. The van der Waals surface area contributed by atoms with E-state index in [2.05, 4.69) is 28.8 Å². The van der Waals surface area contributed by atoms with E-state index in [-0.39, 0.29) is 11.9 Å². The van der Waals surface area contributed by atoms with Crippen molar-refractivity contribution in [3.8, 4) is 5.75 Å². The topological polar surface area (TPSA) is 76.7 Å². The van der Waals surface area contributed by atoms with Gasteiger partial charge in [-0.1, -0.05) is 24.3 Å². The summed E-state index contributed by atoms with van der Waals surface area (Å²) in [6, 6.07) is 19.6. The van der Waals surface area contributed by atoms with Gasteiger partial charge < -0.3 is 20.1 Å². The Hall–Kier alpha value is -3.80. The van der Waals surface area contributed by atoms with Crippen LogP contribution < -0.4 is 15.4 Å². The SMILES string of the molecule is CCOC(=O)CCCOc1ccccc1NC(=O)c1ccc(Nc2cccc3c2CCCC3)cc1C. The summed E-state index contributed by atoms with van der Waals surface area (Å²) in [6.45, 7) is 4.46. The minimum Gasteiger partial charge on any atom is -0.491 e. The van der Waals surface area contributed by atoms with Gasteiger partial charge in [0.25, 0.3) is 5.91 Å². The summed E-state index contributed by atoms with van der Waals surface area (Å²) >= 11 is 0. The van der Waals surface area contributed by atoms with E-state index >= 15 is 0 Å². The van der Waals surface area contributed by atoms with Crippen molar-refractivity contribution < 1.29 is 19.1 Å². The minimum absolute atomic E-state index is 0.196. The van der Waals surface area contributed by atoms with Crippen molar-refractivity contribution in [2.24, 2.45) is 0 Å². The molecule has 2 N–H and O–H groups in total. The standard InChI is InChI=1S/C30H34N2O4/c1-3-35-29(33)16-9-19-36-28-15-7-6-13-27(28)32-30(34)24-18-17-23(20-21(24)2)31-26-14-8-11-22-10-4-5-12-25(22)26/h6-8,11,13-15,17-18,20,31H,3-5,9-10,12,16,19H2,1-2H3,(H,32,34). The number of rotatable bonds is 10. The van der Waals surface area contributed by atoms with Gasteiger partial charge in [-0.2, -0.15) is 0 Å². The molecular formula is C30H34N2O4. The summed E-state index contributed by atoms with van der Waals surface area (Å²) in [5.41, 5.74) is 7.04. The van der Waals surface area contributed by atoms with Gasteiger partial charge in [0.05, 0.1) is 18.9 Å². The van der Waals surface area contributed by atoms with Gasteiger partial charge in [-0.15, -0.1) is 0 Å². The molecule has 0 unspecified atom stereocenters. The zero-order valence-electron chi connectivity index (χ0n) is 21.1. The molecule has 0 fully saturated rings. The van der Waals surface area contributed by atoms with Crippen LogP contribution in [0.15, 0.2) is 60.7 Å². The van der Waals surface area contributed by atoms with E-state index < -0.39 is 0 Å². The van der Waals surface area contributed by atoms with Crippen LogP contribution in [0.25, 0.3) is 0 Å². The molecule has 0 saturated heterocycles. The highest BCUT2D eigenvalue weighted by atomic mass is 16.5. The molecule has 0 saturated carbocycles. The van der Waals surface area contributed by atoms with Gasteiger partial charge in [0, 0.05) is 23.4 Å². The molecule has 6 heteroatoms. The number of aryl methyl sites for hydroxylation is 2. The number of esters is 1. The predicted octanol–water partition coefficient (Wildman–Crippen LogP) is 6.59. The first-order valence-corrected chi connectivity index (χ1v) is 12.7. The van der Waals surface area contributed by atoms with Gasteiger partial charge >= 0.3 is 5.97 Å². The molecule has 0 spiro atoms. The van der Waals surface area contributed by atoms with Crippen LogP contribution in [0, 0.1) is 6.92 Å². The number of hydrogen-bond acceptors (Lipinski definition) is 5. The number of carbonyl (C=O) groups excluding carboxylic acids is 2. The van der Waals surface area contributed by atoms with E-state index in [0.29, 0.717) is 43.1 Å². The maximum absolute atomic E-state index is 13.1. The number of hydrogen-bond donors (Lipinski definition) is 2. The summed E-state index contributed by atoms with van der Waals surface area (Å²) in [5.74, 6) is 0.140. The first-order chi connectivity index (χ1) is 17.5. The van der Waals surface area contributed by atoms with Crippen LogP contribution in [-0.4, -0.2) is 25.1 Å². The Morgan fingerprint density at radius 2 is 1.75 bits per heavy atom. The fourth-order valence-corrected chi connectivity index (χ4v) is 4.57. The number of para-hydroxylation sites is 2. The van der Waals surface area contributed by atoms with Gasteiger partial charge in [-0.25, -0.2) is 0 Å². The number of amides is 1. The van der Waals surface area contributed by atoms with Crippen LogP contribution in [0.5, 0.6) is 5.75 Å².